The van der Waals surface area contributed by atoms with Crippen molar-refractivity contribution in [3.8, 4) is 17.1 Å². The molecule has 0 aliphatic rings. The van der Waals surface area contributed by atoms with Crippen molar-refractivity contribution in [2.75, 3.05) is 19.8 Å². The maximum Gasteiger partial charge on any atom is 0.348 e. The third-order valence-electron chi connectivity index (χ3n) is 5.67. The van der Waals surface area contributed by atoms with E-state index < -0.39 is 17.3 Å². The topological polar surface area (TPSA) is 95.8 Å². The summed E-state index contributed by atoms with van der Waals surface area (Å²) in [5.74, 6) is -0.513. The standard InChI is InChI=1S/C23H22F2N6O2.ClH/c1-29-12-18(16-10-14(24)2-4-19(16)29)22-27-28-23(32)31(22)21-13-30(7-9-33-8-6-26)20-5-3-15(25)11-17(20)21;/h2-5,10-13H,6-9,26H2,1H3,(H,28,32);1H. The van der Waals surface area contributed by atoms with Crippen LogP contribution in [0.3, 0.4) is 0 Å². The molecule has 34 heavy (non-hydrogen) atoms. The molecule has 11 heteroatoms. The number of hydrogen-bond donors (Lipinski definition) is 2. The van der Waals surface area contributed by atoms with Crippen LogP contribution in [0.5, 0.6) is 0 Å². The minimum absolute atomic E-state index is 0. The lowest BCUT2D eigenvalue weighted by molar-refractivity contribution is 0.134. The zero-order chi connectivity index (χ0) is 23.1. The average Bonchev–Trinajstić information content (AvgIpc) is 3.44. The molecule has 5 aromatic rings. The Balaban J connectivity index is 0.00000274. The van der Waals surface area contributed by atoms with Crippen molar-refractivity contribution in [2.24, 2.45) is 12.8 Å². The number of aromatic nitrogens is 5. The van der Waals surface area contributed by atoms with Gasteiger partial charge in [-0.3, -0.25) is 0 Å². The van der Waals surface area contributed by atoms with E-state index in [2.05, 4.69) is 10.2 Å². The molecule has 0 saturated heterocycles. The molecule has 0 fully saturated rings. The number of halogens is 3. The molecule has 0 aliphatic heterocycles. The molecule has 0 spiro atoms. The van der Waals surface area contributed by atoms with Gasteiger partial charge in [-0.05, 0) is 36.4 Å². The van der Waals surface area contributed by atoms with Crippen LogP contribution in [-0.2, 0) is 18.3 Å². The Morgan fingerprint density at radius 1 is 1.03 bits per heavy atom. The van der Waals surface area contributed by atoms with Gasteiger partial charge in [0.2, 0.25) is 0 Å². The van der Waals surface area contributed by atoms with Crippen LogP contribution in [0.1, 0.15) is 0 Å². The highest BCUT2D eigenvalue weighted by Crippen LogP contribution is 2.32. The highest BCUT2D eigenvalue weighted by Gasteiger charge is 2.21. The van der Waals surface area contributed by atoms with Gasteiger partial charge in [0.15, 0.2) is 5.82 Å². The van der Waals surface area contributed by atoms with Gasteiger partial charge in [0.1, 0.15) is 11.6 Å². The molecular weight excluding hydrogens is 466 g/mol. The average molecular weight is 489 g/mol. The minimum Gasteiger partial charge on any atom is -0.378 e. The van der Waals surface area contributed by atoms with Crippen LogP contribution in [0, 0.1) is 11.6 Å². The van der Waals surface area contributed by atoms with Gasteiger partial charge in [-0.1, -0.05) is 0 Å². The first-order valence-corrected chi connectivity index (χ1v) is 10.5. The van der Waals surface area contributed by atoms with Gasteiger partial charge in [0, 0.05) is 54.4 Å². The Hall–Kier alpha value is -3.47. The molecule has 0 unspecified atom stereocenters. The molecule has 3 heterocycles. The molecule has 5 rings (SSSR count). The maximum absolute atomic E-state index is 14.2. The SMILES string of the molecule is Cl.Cn1cc(-c2n[nH]c(=O)n2-c2cn(CCOCCN)c3ccc(F)cc23)c2cc(F)ccc21. The van der Waals surface area contributed by atoms with Crippen molar-refractivity contribution in [1.29, 1.82) is 0 Å². The second kappa shape index (κ2) is 9.41. The van der Waals surface area contributed by atoms with Crippen molar-refractivity contribution in [3.63, 3.8) is 0 Å². The molecule has 3 aromatic heterocycles. The number of hydrogen-bond acceptors (Lipinski definition) is 4. The number of H-pyrrole nitrogens is 1. The molecule has 178 valence electrons. The first kappa shape index (κ1) is 23.7. The van der Waals surface area contributed by atoms with Crippen molar-refractivity contribution in [1.82, 2.24) is 23.9 Å². The van der Waals surface area contributed by atoms with Crippen molar-refractivity contribution >= 4 is 34.2 Å². The summed E-state index contributed by atoms with van der Waals surface area (Å²) in [4.78, 5) is 12.9. The summed E-state index contributed by atoms with van der Waals surface area (Å²) in [6.07, 6.45) is 3.55. The van der Waals surface area contributed by atoms with E-state index in [1.54, 1.807) is 24.5 Å². The second-order valence-corrected chi connectivity index (χ2v) is 7.77. The Labute approximate surface area is 198 Å². The lowest BCUT2D eigenvalue weighted by Gasteiger charge is -2.05. The molecule has 2 aromatic carbocycles. The summed E-state index contributed by atoms with van der Waals surface area (Å²) in [5, 5.41) is 7.87. The predicted molar refractivity (Wildman–Crippen MR) is 129 cm³/mol. The number of benzene rings is 2. The monoisotopic (exact) mass is 488 g/mol. The summed E-state index contributed by atoms with van der Waals surface area (Å²) >= 11 is 0. The molecule has 0 aliphatic carbocycles. The zero-order valence-corrected chi connectivity index (χ0v) is 19.1. The molecule has 0 atom stereocenters. The van der Waals surface area contributed by atoms with E-state index in [0.717, 1.165) is 11.0 Å². The van der Waals surface area contributed by atoms with E-state index in [1.807, 2.05) is 16.2 Å². The number of aromatic amines is 1. The number of nitrogens with zero attached hydrogens (tertiary/aromatic N) is 4. The Bertz CT molecular complexity index is 1530. The summed E-state index contributed by atoms with van der Waals surface area (Å²) in [5.41, 5.74) is 7.56. The van der Waals surface area contributed by atoms with Crippen molar-refractivity contribution in [2.45, 2.75) is 6.54 Å². The number of nitrogens with one attached hydrogen (secondary N) is 1. The Morgan fingerprint density at radius 2 is 1.74 bits per heavy atom. The van der Waals surface area contributed by atoms with Gasteiger partial charge in [0.05, 0.1) is 24.4 Å². The second-order valence-electron chi connectivity index (χ2n) is 7.77. The van der Waals surface area contributed by atoms with Crippen LogP contribution in [-0.4, -0.2) is 43.7 Å². The molecule has 0 saturated carbocycles. The zero-order valence-electron chi connectivity index (χ0n) is 18.3. The third kappa shape index (κ3) is 4.00. The summed E-state index contributed by atoms with van der Waals surface area (Å²) in [7, 11) is 1.83. The highest BCUT2D eigenvalue weighted by atomic mass is 35.5. The molecule has 0 amide bonds. The Morgan fingerprint density at radius 3 is 2.47 bits per heavy atom. The van der Waals surface area contributed by atoms with Crippen LogP contribution in [0.2, 0.25) is 0 Å². The summed E-state index contributed by atoms with van der Waals surface area (Å²) < 4.78 is 38.8. The fourth-order valence-corrected chi connectivity index (χ4v) is 4.21. The van der Waals surface area contributed by atoms with Crippen LogP contribution >= 0.6 is 12.4 Å². The fourth-order valence-electron chi connectivity index (χ4n) is 4.21. The molecule has 0 radical (unpaired) electrons. The van der Waals surface area contributed by atoms with E-state index in [-0.39, 0.29) is 12.4 Å². The van der Waals surface area contributed by atoms with E-state index in [1.165, 1.54) is 28.8 Å². The smallest absolute Gasteiger partial charge is 0.348 e. The number of aryl methyl sites for hydroxylation is 1. The lowest BCUT2D eigenvalue weighted by atomic mass is 10.1. The first-order valence-electron chi connectivity index (χ1n) is 10.5. The van der Waals surface area contributed by atoms with Gasteiger partial charge in [-0.15, -0.1) is 12.4 Å². The molecule has 8 nitrogen and oxygen atoms in total. The van der Waals surface area contributed by atoms with E-state index in [4.69, 9.17) is 10.5 Å². The predicted octanol–water partition coefficient (Wildman–Crippen LogP) is 3.35. The normalized spacial score (nSPS) is 11.4. The molecule has 0 bridgehead atoms. The third-order valence-corrected chi connectivity index (χ3v) is 5.67. The summed E-state index contributed by atoms with van der Waals surface area (Å²) in [6.45, 7) is 1.75. The van der Waals surface area contributed by atoms with E-state index in [0.29, 0.717) is 54.2 Å². The first-order chi connectivity index (χ1) is 16.0. The molecular formula is C23H23ClF2N6O2. The summed E-state index contributed by atoms with van der Waals surface area (Å²) in [6, 6.07) is 8.88. The van der Waals surface area contributed by atoms with Crippen LogP contribution in [0.15, 0.2) is 53.6 Å². The van der Waals surface area contributed by atoms with E-state index >= 15 is 0 Å². The van der Waals surface area contributed by atoms with Crippen LogP contribution in [0.25, 0.3) is 38.9 Å². The van der Waals surface area contributed by atoms with Gasteiger partial charge >= 0.3 is 5.69 Å². The van der Waals surface area contributed by atoms with Crippen molar-refractivity contribution < 1.29 is 13.5 Å². The van der Waals surface area contributed by atoms with Crippen LogP contribution in [0.4, 0.5) is 8.78 Å². The quantitative estimate of drug-likeness (QED) is 0.343. The van der Waals surface area contributed by atoms with Crippen LogP contribution < -0.4 is 11.4 Å². The fraction of sp³-hybridized carbons (Fsp3) is 0.217. The number of rotatable bonds is 7. The number of fused-ring (bicyclic) bond motifs is 2. The maximum atomic E-state index is 14.2. The number of ether oxygens (including phenoxy) is 1. The van der Waals surface area contributed by atoms with Gasteiger partial charge < -0.3 is 19.6 Å². The van der Waals surface area contributed by atoms with Gasteiger partial charge in [0.25, 0.3) is 0 Å². The lowest BCUT2D eigenvalue weighted by Crippen LogP contribution is -2.15. The van der Waals surface area contributed by atoms with Gasteiger partial charge in [-0.2, -0.15) is 5.10 Å². The van der Waals surface area contributed by atoms with Crippen molar-refractivity contribution in [3.05, 3.63) is 70.9 Å². The molecule has 3 N–H and O–H groups in total. The minimum atomic E-state index is -0.485. The number of nitrogens with two attached hydrogens (primary N) is 1. The Kier molecular flexibility index (Phi) is 6.56. The van der Waals surface area contributed by atoms with E-state index in [9.17, 15) is 13.6 Å². The highest BCUT2D eigenvalue weighted by molar-refractivity contribution is 5.96. The van der Waals surface area contributed by atoms with Gasteiger partial charge in [-0.25, -0.2) is 23.2 Å². The largest absolute Gasteiger partial charge is 0.378 e.